The van der Waals surface area contributed by atoms with E-state index in [1.807, 2.05) is 37.3 Å². The fourth-order valence-corrected chi connectivity index (χ4v) is 2.81. The second-order valence-electron chi connectivity index (χ2n) is 5.37. The molecule has 126 valence electrons. The maximum Gasteiger partial charge on any atom is 0.257 e. The highest BCUT2D eigenvalue weighted by molar-refractivity contribution is 7.80. The molecule has 0 aliphatic rings. The second-order valence-corrected chi connectivity index (χ2v) is 6.59. The average molecular weight is 390 g/mol. The van der Waals surface area contributed by atoms with Crippen LogP contribution in [0.1, 0.15) is 16.1 Å². The van der Waals surface area contributed by atoms with Gasteiger partial charge in [-0.2, -0.15) is 0 Å². The van der Waals surface area contributed by atoms with Crippen molar-refractivity contribution in [1.29, 1.82) is 0 Å². The largest absolute Gasteiger partial charge is 0.331 e. The van der Waals surface area contributed by atoms with E-state index in [2.05, 4.69) is 15.6 Å². The van der Waals surface area contributed by atoms with E-state index in [0.29, 0.717) is 15.6 Å². The minimum atomic E-state index is -0.375. The third kappa shape index (κ3) is 4.07. The number of aromatic nitrogens is 1. The van der Waals surface area contributed by atoms with Crippen molar-refractivity contribution in [2.24, 2.45) is 0 Å². The summed E-state index contributed by atoms with van der Waals surface area (Å²) in [6.45, 7) is 1.92. The van der Waals surface area contributed by atoms with Gasteiger partial charge in [0.15, 0.2) is 5.11 Å². The predicted molar refractivity (Wildman–Crippen MR) is 107 cm³/mol. The summed E-state index contributed by atoms with van der Waals surface area (Å²) in [7, 11) is 0. The zero-order valence-corrected chi connectivity index (χ0v) is 15.5. The predicted octanol–water partition coefficient (Wildman–Crippen LogP) is 4.98. The average Bonchev–Trinajstić information content (AvgIpc) is 2.57. The molecule has 0 radical (unpaired) electrons. The number of halogens is 2. The number of anilines is 1. The van der Waals surface area contributed by atoms with E-state index in [1.54, 1.807) is 12.1 Å². The Morgan fingerprint density at radius 1 is 1.08 bits per heavy atom. The van der Waals surface area contributed by atoms with Crippen LogP contribution in [0.15, 0.2) is 48.5 Å². The molecule has 4 nitrogen and oxygen atoms in total. The molecule has 2 N–H and O–H groups in total. The van der Waals surface area contributed by atoms with Gasteiger partial charge in [-0.05, 0) is 49.5 Å². The molecule has 3 rings (SSSR count). The normalized spacial score (nSPS) is 10.5. The Morgan fingerprint density at radius 3 is 2.64 bits per heavy atom. The summed E-state index contributed by atoms with van der Waals surface area (Å²) in [5.41, 5.74) is 2.77. The standard InChI is InChI=1S/C18H13Cl2N3OS/c1-10-5-6-11-3-2-4-15(16(11)21-10)22-18(25)23-17(24)12-7-8-13(19)14(20)9-12/h2-9H,1H3,(H2,22,23,24,25). The van der Waals surface area contributed by atoms with Crippen LogP contribution in [0.25, 0.3) is 10.9 Å². The van der Waals surface area contributed by atoms with Crippen LogP contribution in [0.3, 0.4) is 0 Å². The van der Waals surface area contributed by atoms with Crippen LogP contribution in [0, 0.1) is 6.92 Å². The highest BCUT2D eigenvalue weighted by Crippen LogP contribution is 2.23. The molecule has 25 heavy (non-hydrogen) atoms. The Balaban J connectivity index is 1.77. The molecule has 0 saturated carbocycles. The molecule has 0 atom stereocenters. The van der Waals surface area contributed by atoms with E-state index in [4.69, 9.17) is 35.4 Å². The molecule has 3 aromatic rings. The van der Waals surface area contributed by atoms with E-state index in [0.717, 1.165) is 22.3 Å². The summed E-state index contributed by atoms with van der Waals surface area (Å²) in [5.74, 6) is -0.375. The van der Waals surface area contributed by atoms with Gasteiger partial charge in [-0.25, -0.2) is 0 Å². The SMILES string of the molecule is Cc1ccc2cccc(NC(=S)NC(=O)c3ccc(Cl)c(Cl)c3)c2n1. The minimum Gasteiger partial charge on any atom is -0.331 e. The van der Waals surface area contributed by atoms with Crippen LogP contribution in [-0.4, -0.2) is 16.0 Å². The van der Waals surface area contributed by atoms with Gasteiger partial charge in [0.25, 0.3) is 5.91 Å². The molecule has 0 spiro atoms. The molecular weight excluding hydrogens is 377 g/mol. The van der Waals surface area contributed by atoms with Gasteiger partial charge < -0.3 is 5.32 Å². The summed E-state index contributed by atoms with van der Waals surface area (Å²) in [6.07, 6.45) is 0. The van der Waals surface area contributed by atoms with Crippen LogP contribution in [0.5, 0.6) is 0 Å². The summed E-state index contributed by atoms with van der Waals surface area (Å²) in [4.78, 5) is 16.8. The highest BCUT2D eigenvalue weighted by Gasteiger charge is 2.11. The van der Waals surface area contributed by atoms with Crippen molar-refractivity contribution in [2.45, 2.75) is 6.92 Å². The van der Waals surface area contributed by atoms with Gasteiger partial charge in [-0.1, -0.05) is 41.4 Å². The van der Waals surface area contributed by atoms with Crippen molar-refractivity contribution in [3.63, 3.8) is 0 Å². The van der Waals surface area contributed by atoms with Gasteiger partial charge in [-0.3, -0.25) is 15.1 Å². The molecule has 7 heteroatoms. The molecular formula is C18H13Cl2N3OS. The molecule has 0 unspecified atom stereocenters. The number of pyridine rings is 1. The zero-order valence-electron chi connectivity index (χ0n) is 13.1. The van der Waals surface area contributed by atoms with Gasteiger partial charge in [0.05, 0.1) is 21.2 Å². The smallest absolute Gasteiger partial charge is 0.257 e. The van der Waals surface area contributed by atoms with Crippen LogP contribution < -0.4 is 10.6 Å². The molecule has 0 aliphatic carbocycles. The Morgan fingerprint density at radius 2 is 1.88 bits per heavy atom. The molecule has 0 fully saturated rings. The van der Waals surface area contributed by atoms with E-state index in [-0.39, 0.29) is 11.0 Å². The first-order valence-corrected chi connectivity index (χ1v) is 8.54. The summed E-state index contributed by atoms with van der Waals surface area (Å²) in [5, 5.41) is 7.49. The quantitative estimate of drug-likeness (QED) is 0.607. The number of nitrogens with zero attached hydrogens (tertiary/aromatic N) is 1. The minimum absolute atomic E-state index is 0.173. The van der Waals surface area contributed by atoms with Crippen LogP contribution in [0.4, 0.5) is 5.69 Å². The maximum absolute atomic E-state index is 12.3. The lowest BCUT2D eigenvalue weighted by Gasteiger charge is -2.12. The maximum atomic E-state index is 12.3. The fraction of sp³-hybridized carbons (Fsp3) is 0.0556. The van der Waals surface area contributed by atoms with Gasteiger partial charge >= 0.3 is 0 Å². The van der Waals surface area contributed by atoms with Gasteiger partial charge in [0, 0.05) is 16.6 Å². The molecule has 0 aliphatic heterocycles. The topological polar surface area (TPSA) is 54.0 Å². The molecule has 0 saturated heterocycles. The summed E-state index contributed by atoms with van der Waals surface area (Å²) in [6, 6.07) is 14.3. The van der Waals surface area contributed by atoms with Gasteiger partial charge in [0.1, 0.15) is 0 Å². The number of para-hydroxylation sites is 1. The zero-order chi connectivity index (χ0) is 18.0. The third-order valence-corrected chi connectivity index (χ3v) is 4.46. The molecule has 0 bridgehead atoms. The molecule has 1 heterocycles. The number of aryl methyl sites for hydroxylation is 1. The van der Waals surface area contributed by atoms with E-state index < -0.39 is 0 Å². The van der Waals surface area contributed by atoms with Crippen molar-refractivity contribution in [3.8, 4) is 0 Å². The second kappa shape index (κ2) is 7.35. The van der Waals surface area contributed by atoms with E-state index in [1.165, 1.54) is 6.07 Å². The number of fused-ring (bicyclic) bond motifs is 1. The Kier molecular flexibility index (Phi) is 5.18. The number of rotatable bonds is 2. The number of amides is 1. The van der Waals surface area contributed by atoms with Crippen molar-refractivity contribution in [1.82, 2.24) is 10.3 Å². The lowest BCUT2D eigenvalue weighted by Crippen LogP contribution is -2.34. The highest BCUT2D eigenvalue weighted by atomic mass is 35.5. The number of hydrogen-bond acceptors (Lipinski definition) is 3. The molecule has 1 amide bonds. The first-order valence-electron chi connectivity index (χ1n) is 7.38. The Labute approximate surface area is 160 Å². The monoisotopic (exact) mass is 389 g/mol. The summed E-state index contributed by atoms with van der Waals surface area (Å²) < 4.78 is 0. The third-order valence-electron chi connectivity index (χ3n) is 3.52. The number of carbonyl (C=O) groups is 1. The van der Waals surface area contributed by atoms with Crippen molar-refractivity contribution < 1.29 is 4.79 Å². The number of thiocarbonyl (C=S) groups is 1. The lowest BCUT2D eigenvalue weighted by molar-refractivity contribution is 0.0977. The molecule has 1 aromatic heterocycles. The van der Waals surface area contributed by atoms with Crippen molar-refractivity contribution in [3.05, 3.63) is 69.8 Å². The van der Waals surface area contributed by atoms with Crippen LogP contribution in [0.2, 0.25) is 10.0 Å². The van der Waals surface area contributed by atoms with E-state index in [9.17, 15) is 4.79 Å². The molecule has 2 aromatic carbocycles. The first-order chi connectivity index (χ1) is 11.9. The Hall–Kier alpha value is -2.21. The Bertz CT molecular complexity index is 991. The fourth-order valence-electron chi connectivity index (χ4n) is 2.31. The van der Waals surface area contributed by atoms with Crippen molar-refractivity contribution >= 4 is 63.0 Å². The number of nitrogens with one attached hydrogen (secondary N) is 2. The van der Waals surface area contributed by atoms with E-state index >= 15 is 0 Å². The lowest BCUT2D eigenvalue weighted by atomic mass is 10.2. The summed E-state index contributed by atoms with van der Waals surface area (Å²) >= 11 is 17.0. The van der Waals surface area contributed by atoms with Crippen LogP contribution in [-0.2, 0) is 0 Å². The number of benzene rings is 2. The van der Waals surface area contributed by atoms with Gasteiger partial charge in [-0.15, -0.1) is 0 Å². The van der Waals surface area contributed by atoms with Crippen molar-refractivity contribution in [2.75, 3.05) is 5.32 Å². The first kappa shape index (κ1) is 17.6. The van der Waals surface area contributed by atoms with Crippen LogP contribution >= 0.6 is 35.4 Å². The number of carbonyl (C=O) groups excluding carboxylic acids is 1. The number of hydrogen-bond donors (Lipinski definition) is 2. The van der Waals surface area contributed by atoms with Gasteiger partial charge in [0.2, 0.25) is 0 Å².